The van der Waals surface area contributed by atoms with Crippen LogP contribution in [0.15, 0.2) is 72.8 Å². The van der Waals surface area contributed by atoms with Crippen molar-refractivity contribution >= 4 is 11.9 Å². The Kier molecular flexibility index (Phi) is 5.81. The summed E-state index contributed by atoms with van der Waals surface area (Å²) >= 11 is 0. The molecule has 2 saturated heterocycles. The van der Waals surface area contributed by atoms with Crippen LogP contribution in [0.2, 0.25) is 0 Å². The zero-order valence-electron chi connectivity index (χ0n) is 20.1. The summed E-state index contributed by atoms with van der Waals surface area (Å²) in [6, 6.07) is 20.6. The van der Waals surface area contributed by atoms with Gasteiger partial charge < -0.3 is 9.64 Å². The lowest BCUT2D eigenvalue weighted by atomic mass is 9.85. The molecule has 2 bridgehead atoms. The normalized spacial score (nSPS) is 22.5. The summed E-state index contributed by atoms with van der Waals surface area (Å²) in [5.41, 5.74) is 4.16. The molecule has 1 amide bonds. The van der Waals surface area contributed by atoms with E-state index >= 15 is 0 Å². The van der Waals surface area contributed by atoms with Crippen molar-refractivity contribution < 1.29 is 27.5 Å². The summed E-state index contributed by atoms with van der Waals surface area (Å²) in [5.74, 6) is -0.488. The van der Waals surface area contributed by atoms with Crippen LogP contribution in [-0.2, 0) is 10.9 Å². The Morgan fingerprint density at radius 1 is 0.811 bits per heavy atom. The summed E-state index contributed by atoms with van der Waals surface area (Å²) in [6.45, 7) is 0.247. The number of alkyl halides is 3. The maximum atomic E-state index is 13.2. The molecule has 2 atom stereocenters. The van der Waals surface area contributed by atoms with Crippen molar-refractivity contribution in [3.63, 3.8) is 0 Å². The van der Waals surface area contributed by atoms with E-state index in [9.17, 15) is 22.8 Å². The summed E-state index contributed by atoms with van der Waals surface area (Å²) in [7, 11) is 0. The fourth-order valence-electron chi connectivity index (χ4n) is 6.42. The van der Waals surface area contributed by atoms with Crippen LogP contribution in [0.4, 0.5) is 18.0 Å². The van der Waals surface area contributed by atoms with Crippen molar-refractivity contribution in [2.24, 2.45) is 5.92 Å². The summed E-state index contributed by atoms with van der Waals surface area (Å²) in [6.07, 6.45) is -2.19. The van der Waals surface area contributed by atoms with Gasteiger partial charge in [0.1, 0.15) is 6.61 Å². The van der Waals surface area contributed by atoms with Gasteiger partial charge >= 0.3 is 12.3 Å². The first-order chi connectivity index (χ1) is 17.8. The summed E-state index contributed by atoms with van der Waals surface area (Å²) in [4.78, 5) is 28.1. The number of carbonyl (C=O) groups is 2. The van der Waals surface area contributed by atoms with E-state index in [0.717, 1.165) is 36.1 Å². The number of rotatable bonds is 4. The quantitative estimate of drug-likeness (QED) is 0.356. The number of nitrogens with zero attached hydrogens (tertiary/aromatic N) is 1. The Bertz CT molecular complexity index is 1290. The van der Waals surface area contributed by atoms with Gasteiger partial charge in [0, 0.05) is 29.5 Å². The monoisotopic (exact) mass is 505 g/mol. The average Bonchev–Trinajstić information content (AvgIpc) is 3.37. The second-order valence-corrected chi connectivity index (χ2v) is 10.2. The Labute approximate surface area is 213 Å². The number of carbonyl (C=O) groups excluding carboxylic acids is 2. The summed E-state index contributed by atoms with van der Waals surface area (Å²) in [5, 5.41) is 0. The topological polar surface area (TPSA) is 46.6 Å². The Hall–Kier alpha value is -3.61. The third-order valence-electron chi connectivity index (χ3n) is 8.15. The number of piperidine rings is 1. The molecular formula is C30H26F3NO3. The molecule has 4 nitrogen and oxygen atoms in total. The molecule has 0 N–H and O–H groups in total. The van der Waals surface area contributed by atoms with E-state index in [0.29, 0.717) is 12.8 Å². The zero-order valence-corrected chi connectivity index (χ0v) is 20.1. The predicted molar refractivity (Wildman–Crippen MR) is 132 cm³/mol. The first-order valence-electron chi connectivity index (χ1n) is 12.7. The van der Waals surface area contributed by atoms with E-state index in [-0.39, 0.29) is 48.0 Å². The van der Waals surface area contributed by atoms with E-state index in [1.165, 1.54) is 23.3 Å². The third-order valence-corrected chi connectivity index (χ3v) is 8.15. The maximum absolute atomic E-state index is 13.2. The average molecular weight is 506 g/mol. The number of fused-ring (bicyclic) bond motifs is 5. The maximum Gasteiger partial charge on any atom is 0.416 e. The SMILES string of the molecule is O=C(c1ccc(C(F)(F)F)cc1)C1CC2CCC(C1)N2C(=O)OCC1c2ccccc2-c2ccccc21. The molecule has 0 aromatic heterocycles. The van der Waals surface area contributed by atoms with Crippen molar-refractivity contribution in [2.75, 3.05) is 6.61 Å². The minimum Gasteiger partial charge on any atom is -0.448 e. The van der Waals surface area contributed by atoms with Crippen LogP contribution in [0.25, 0.3) is 11.1 Å². The van der Waals surface area contributed by atoms with Crippen molar-refractivity contribution in [2.45, 2.75) is 49.9 Å². The van der Waals surface area contributed by atoms with Crippen LogP contribution in [0, 0.1) is 5.92 Å². The molecule has 3 aliphatic rings. The van der Waals surface area contributed by atoms with Gasteiger partial charge in [-0.3, -0.25) is 4.79 Å². The molecule has 2 heterocycles. The van der Waals surface area contributed by atoms with Gasteiger partial charge in [0.05, 0.1) is 5.56 Å². The first kappa shape index (κ1) is 23.8. The van der Waals surface area contributed by atoms with Gasteiger partial charge in [-0.1, -0.05) is 60.7 Å². The number of halogens is 3. The highest BCUT2D eigenvalue weighted by Gasteiger charge is 2.46. The highest BCUT2D eigenvalue weighted by molar-refractivity contribution is 5.98. The van der Waals surface area contributed by atoms with Gasteiger partial charge in [-0.2, -0.15) is 13.2 Å². The van der Waals surface area contributed by atoms with Crippen molar-refractivity contribution in [3.8, 4) is 11.1 Å². The van der Waals surface area contributed by atoms with E-state index in [1.807, 2.05) is 24.3 Å². The molecule has 2 fully saturated rings. The predicted octanol–water partition coefficient (Wildman–Crippen LogP) is 7.08. The van der Waals surface area contributed by atoms with E-state index in [2.05, 4.69) is 24.3 Å². The smallest absolute Gasteiger partial charge is 0.416 e. The minimum absolute atomic E-state index is 0.0206. The molecule has 2 aliphatic heterocycles. The van der Waals surface area contributed by atoms with Crippen LogP contribution in [-0.4, -0.2) is 35.5 Å². The first-order valence-corrected chi connectivity index (χ1v) is 12.7. The Morgan fingerprint density at radius 3 is 1.89 bits per heavy atom. The molecule has 0 spiro atoms. The molecule has 0 saturated carbocycles. The number of hydrogen-bond donors (Lipinski definition) is 0. The molecule has 3 aromatic rings. The van der Waals surface area contributed by atoms with E-state index in [4.69, 9.17) is 4.74 Å². The Morgan fingerprint density at radius 2 is 1.35 bits per heavy atom. The van der Waals surface area contributed by atoms with Gasteiger partial charge in [0.2, 0.25) is 0 Å². The third kappa shape index (κ3) is 4.20. The van der Waals surface area contributed by atoms with Crippen LogP contribution >= 0.6 is 0 Å². The van der Waals surface area contributed by atoms with Gasteiger partial charge in [-0.15, -0.1) is 0 Å². The van der Waals surface area contributed by atoms with Crippen molar-refractivity contribution in [3.05, 3.63) is 95.1 Å². The van der Waals surface area contributed by atoms with E-state index < -0.39 is 11.7 Å². The van der Waals surface area contributed by atoms with Crippen molar-refractivity contribution in [1.29, 1.82) is 0 Å². The fraction of sp³-hybridized carbons (Fsp3) is 0.333. The lowest BCUT2D eigenvalue weighted by molar-refractivity contribution is -0.137. The van der Waals surface area contributed by atoms with Crippen LogP contribution < -0.4 is 0 Å². The molecule has 7 heteroatoms. The van der Waals surface area contributed by atoms with Gasteiger partial charge in [0.15, 0.2) is 5.78 Å². The number of amides is 1. The second-order valence-electron chi connectivity index (χ2n) is 10.2. The molecule has 0 radical (unpaired) electrons. The van der Waals surface area contributed by atoms with Crippen LogP contribution in [0.3, 0.4) is 0 Å². The molecule has 3 aromatic carbocycles. The lowest BCUT2D eigenvalue weighted by Crippen LogP contribution is -2.48. The van der Waals surface area contributed by atoms with Gasteiger partial charge in [-0.05, 0) is 60.1 Å². The van der Waals surface area contributed by atoms with Gasteiger partial charge in [-0.25, -0.2) is 4.79 Å². The molecule has 190 valence electrons. The second kappa shape index (κ2) is 9.05. The molecular weight excluding hydrogens is 479 g/mol. The van der Waals surface area contributed by atoms with Crippen LogP contribution in [0.1, 0.15) is 58.6 Å². The number of hydrogen-bond acceptors (Lipinski definition) is 3. The van der Waals surface area contributed by atoms with Crippen molar-refractivity contribution in [1.82, 2.24) is 4.90 Å². The number of Topliss-reactive ketones (excluding diaryl/α,β-unsaturated/α-hetero) is 1. The fourth-order valence-corrected chi connectivity index (χ4v) is 6.42. The molecule has 1 aliphatic carbocycles. The standard InChI is InChI=1S/C30H26F3NO3/c31-30(32,33)20-11-9-18(10-12-20)28(35)19-15-21-13-14-22(16-19)34(21)29(36)37-17-27-25-7-3-1-5-23(25)24-6-2-4-8-26(24)27/h1-12,19,21-22,27H,13-17H2. The minimum atomic E-state index is -4.44. The Balaban J connectivity index is 1.12. The van der Waals surface area contributed by atoms with Gasteiger partial charge in [0.25, 0.3) is 0 Å². The largest absolute Gasteiger partial charge is 0.448 e. The van der Waals surface area contributed by atoms with Crippen LogP contribution in [0.5, 0.6) is 0 Å². The zero-order chi connectivity index (χ0) is 25.7. The molecule has 2 unspecified atom stereocenters. The number of ether oxygens (including phenoxy) is 1. The highest BCUT2D eigenvalue weighted by Crippen LogP contribution is 2.45. The molecule has 37 heavy (non-hydrogen) atoms. The number of ketones is 1. The molecule has 6 rings (SSSR count). The van der Waals surface area contributed by atoms with E-state index in [1.54, 1.807) is 4.90 Å². The lowest BCUT2D eigenvalue weighted by Gasteiger charge is -2.37. The highest BCUT2D eigenvalue weighted by atomic mass is 19.4. The summed E-state index contributed by atoms with van der Waals surface area (Å²) < 4.78 is 44.5. The number of benzene rings is 3.